The summed E-state index contributed by atoms with van der Waals surface area (Å²) in [4.78, 5) is 25.8. The highest BCUT2D eigenvalue weighted by Crippen LogP contribution is 2.26. The molecule has 20 heavy (non-hydrogen) atoms. The molecule has 1 aromatic carbocycles. The number of primary amides is 1. The summed E-state index contributed by atoms with van der Waals surface area (Å²) in [6.07, 6.45) is 1.57. The molecule has 2 rings (SSSR count). The summed E-state index contributed by atoms with van der Waals surface area (Å²) in [5.41, 5.74) is 7.06. The van der Waals surface area contributed by atoms with Crippen LogP contribution < -0.4 is 5.73 Å². The van der Waals surface area contributed by atoms with Gasteiger partial charge in [0.05, 0.1) is 11.5 Å². The van der Waals surface area contributed by atoms with Crippen molar-refractivity contribution < 1.29 is 9.59 Å². The number of benzene rings is 1. The smallest absolute Gasteiger partial charge is 0.255 e. The second-order valence-corrected chi connectivity index (χ2v) is 6.32. The average molecular weight is 339 g/mol. The lowest BCUT2D eigenvalue weighted by Gasteiger charge is -2.37. The van der Waals surface area contributed by atoms with Crippen molar-refractivity contribution in [3.05, 3.63) is 33.8 Å². The lowest BCUT2D eigenvalue weighted by atomic mass is 9.92. The van der Waals surface area contributed by atoms with Crippen LogP contribution >= 0.6 is 15.9 Å². The molecule has 1 aromatic rings. The van der Waals surface area contributed by atoms with Crippen molar-refractivity contribution >= 4 is 27.7 Å². The minimum Gasteiger partial charge on any atom is -0.369 e. The molecule has 0 saturated carbocycles. The van der Waals surface area contributed by atoms with Crippen molar-refractivity contribution in [2.24, 2.45) is 11.7 Å². The van der Waals surface area contributed by atoms with Crippen molar-refractivity contribution in [3.8, 4) is 0 Å². The molecule has 2 atom stereocenters. The monoisotopic (exact) mass is 338 g/mol. The van der Waals surface area contributed by atoms with Gasteiger partial charge in [0, 0.05) is 17.1 Å². The third-order valence-electron chi connectivity index (χ3n) is 3.90. The Hall–Kier alpha value is -1.36. The zero-order valence-electron chi connectivity index (χ0n) is 11.7. The fourth-order valence-electron chi connectivity index (χ4n) is 2.58. The molecule has 2 amide bonds. The van der Waals surface area contributed by atoms with Gasteiger partial charge in [-0.05, 0) is 54.8 Å². The molecule has 108 valence electrons. The summed E-state index contributed by atoms with van der Waals surface area (Å²) in [7, 11) is 0. The van der Waals surface area contributed by atoms with Gasteiger partial charge in [-0.25, -0.2) is 0 Å². The Morgan fingerprint density at radius 3 is 2.70 bits per heavy atom. The van der Waals surface area contributed by atoms with Gasteiger partial charge in [0.1, 0.15) is 0 Å². The van der Waals surface area contributed by atoms with Gasteiger partial charge in [0.25, 0.3) is 5.91 Å². The first-order chi connectivity index (χ1) is 9.40. The maximum absolute atomic E-state index is 12.7. The van der Waals surface area contributed by atoms with E-state index >= 15 is 0 Å². The number of carbonyl (C=O) groups excluding carboxylic acids is 2. The van der Waals surface area contributed by atoms with Crippen molar-refractivity contribution in [2.45, 2.75) is 32.7 Å². The van der Waals surface area contributed by atoms with Gasteiger partial charge >= 0.3 is 0 Å². The molecule has 0 spiro atoms. The van der Waals surface area contributed by atoms with Gasteiger partial charge in [-0.2, -0.15) is 0 Å². The van der Waals surface area contributed by atoms with Gasteiger partial charge in [0.15, 0.2) is 0 Å². The molecule has 0 bridgehead atoms. The minimum absolute atomic E-state index is 0.0426. The van der Waals surface area contributed by atoms with E-state index in [1.807, 2.05) is 32.0 Å². The highest BCUT2D eigenvalue weighted by atomic mass is 79.9. The van der Waals surface area contributed by atoms with Crippen LogP contribution in [0, 0.1) is 12.8 Å². The molecular weight excluding hydrogens is 320 g/mol. The summed E-state index contributed by atoms with van der Waals surface area (Å²) in [5, 5.41) is 0. The molecule has 0 aromatic heterocycles. The van der Waals surface area contributed by atoms with Crippen LogP contribution in [-0.2, 0) is 4.79 Å². The average Bonchev–Trinajstić information content (AvgIpc) is 2.41. The molecule has 0 aliphatic carbocycles. The lowest BCUT2D eigenvalue weighted by Crippen LogP contribution is -2.48. The Morgan fingerprint density at radius 2 is 2.05 bits per heavy atom. The van der Waals surface area contributed by atoms with E-state index in [-0.39, 0.29) is 23.8 Å². The Kier molecular flexibility index (Phi) is 4.48. The van der Waals surface area contributed by atoms with E-state index in [9.17, 15) is 9.59 Å². The summed E-state index contributed by atoms with van der Waals surface area (Å²) < 4.78 is 0.779. The third kappa shape index (κ3) is 3.03. The first-order valence-corrected chi connectivity index (χ1v) is 7.56. The Balaban J connectivity index is 2.26. The molecule has 4 nitrogen and oxygen atoms in total. The first-order valence-electron chi connectivity index (χ1n) is 6.76. The number of nitrogens with two attached hydrogens (primary N) is 1. The summed E-state index contributed by atoms with van der Waals surface area (Å²) in [6.45, 7) is 4.38. The number of likely N-dealkylation sites (tertiary alicyclic amines) is 1. The number of rotatable bonds is 2. The van der Waals surface area contributed by atoms with Crippen LogP contribution in [0.4, 0.5) is 0 Å². The molecule has 2 unspecified atom stereocenters. The number of nitrogens with zero attached hydrogens (tertiary/aromatic N) is 1. The number of halogens is 1. The van der Waals surface area contributed by atoms with E-state index in [0.29, 0.717) is 12.1 Å². The number of amides is 2. The van der Waals surface area contributed by atoms with Gasteiger partial charge in [-0.1, -0.05) is 11.6 Å². The Labute approximate surface area is 127 Å². The first kappa shape index (κ1) is 15.0. The molecule has 1 heterocycles. The van der Waals surface area contributed by atoms with E-state index in [1.54, 1.807) is 4.90 Å². The van der Waals surface area contributed by atoms with Gasteiger partial charge < -0.3 is 10.6 Å². The maximum Gasteiger partial charge on any atom is 0.255 e. The number of carbonyl (C=O) groups is 2. The van der Waals surface area contributed by atoms with Crippen LogP contribution in [0.25, 0.3) is 0 Å². The van der Waals surface area contributed by atoms with Crippen LogP contribution in [0.3, 0.4) is 0 Å². The molecule has 1 fully saturated rings. The van der Waals surface area contributed by atoms with Gasteiger partial charge in [0.2, 0.25) is 5.91 Å². The Bertz CT molecular complexity index is 545. The summed E-state index contributed by atoms with van der Waals surface area (Å²) >= 11 is 3.42. The van der Waals surface area contributed by atoms with E-state index in [4.69, 9.17) is 5.73 Å². The quantitative estimate of drug-likeness (QED) is 0.900. The molecule has 0 radical (unpaired) electrons. The van der Waals surface area contributed by atoms with Crippen LogP contribution in [0.15, 0.2) is 22.7 Å². The predicted molar refractivity (Wildman–Crippen MR) is 81.3 cm³/mol. The number of hydrogen-bond donors (Lipinski definition) is 1. The molecule has 1 aliphatic heterocycles. The van der Waals surface area contributed by atoms with E-state index in [1.165, 1.54) is 0 Å². The fraction of sp³-hybridized carbons (Fsp3) is 0.467. The van der Waals surface area contributed by atoms with Crippen LogP contribution in [-0.4, -0.2) is 29.3 Å². The van der Waals surface area contributed by atoms with Gasteiger partial charge in [-0.15, -0.1) is 0 Å². The van der Waals surface area contributed by atoms with Gasteiger partial charge in [-0.3, -0.25) is 9.59 Å². The topological polar surface area (TPSA) is 63.4 Å². The number of hydrogen-bond acceptors (Lipinski definition) is 2. The minimum atomic E-state index is -0.321. The van der Waals surface area contributed by atoms with E-state index in [2.05, 4.69) is 15.9 Å². The van der Waals surface area contributed by atoms with Crippen molar-refractivity contribution in [2.75, 3.05) is 6.54 Å². The maximum atomic E-state index is 12.7. The molecule has 5 heteroatoms. The lowest BCUT2D eigenvalue weighted by molar-refractivity contribution is -0.123. The predicted octanol–water partition coefficient (Wildman–Crippen LogP) is 2.48. The standard InChI is InChI=1S/C15H19BrN2O2/c1-9-3-6-13(16)12(7-9)15(20)18-8-11(14(17)19)5-4-10(18)2/h3,6-7,10-11H,4-5,8H2,1-2H3,(H2,17,19). The fourth-order valence-corrected chi connectivity index (χ4v) is 3.00. The second kappa shape index (κ2) is 5.95. The zero-order chi connectivity index (χ0) is 14.9. The van der Waals surface area contributed by atoms with Crippen molar-refractivity contribution in [1.29, 1.82) is 0 Å². The molecule has 1 aliphatic rings. The zero-order valence-corrected chi connectivity index (χ0v) is 13.3. The second-order valence-electron chi connectivity index (χ2n) is 5.47. The molecule has 1 saturated heterocycles. The van der Waals surface area contributed by atoms with E-state index in [0.717, 1.165) is 22.9 Å². The van der Waals surface area contributed by atoms with Crippen LogP contribution in [0.5, 0.6) is 0 Å². The SMILES string of the molecule is Cc1ccc(Br)c(C(=O)N2CC(C(N)=O)CCC2C)c1. The molecular formula is C15H19BrN2O2. The normalized spacial score (nSPS) is 22.6. The summed E-state index contributed by atoms with van der Waals surface area (Å²) in [6, 6.07) is 5.83. The number of piperidine rings is 1. The molecule has 2 N–H and O–H groups in total. The van der Waals surface area contributed by atoms with Crippen molar-refractivity contribution in [1.82, 2.24) is 4.90 Å². The van der Waals surface area contributed by atoms with Crippen LogP contribution in [0.2, 0.25) is 0 Å². The summed E-state index contributed by atoms with van der Waals surface area (Å²) in [5.74, 6) is -0.601. The highest BCUT2D eigenvalue weighted by molar-refractivity contribution is 9.10. The van der Waals surface area contributed by atoms with Crippen molar-refractivity contribution in [3.63, 3.8) is 0 Å². The van der Waals surface area contributed by atoms with Crippen LogP contribution in [0.1, 0.15) is 35.7 Å². The number of aryl methyl sites for hydroxylation is 1. The third-order valence-corrected chi connectivity index (χ3v) is 4.59. The highest BCUT2D eigenvalue weighted by Gasteiger charge is 2.32. The van der Waals surface area contributed by atoms with E-state index < -0.39 is 0 Å². The largest absolute Gasteiger partial charge is 0.369 e. The Morgan fingerprint density at radius 1 is 1.35 bits per heavy atom.